The molecule has 2 rings (SSSR count). The number of esters is 1. The van der Waals surface area contributed by atoms with Crippen molar-refractivity contribution >= 4 is 23.6 Å². The number of Topliss-reactive ketones (excluding diaryl/α,β-unsaturated/α-hetero) is 1. The maximum Gasteiger partial charge on any atom is 0.306 e. The van der Waals surface area contributed by atoms with Crippen molar-refractivity contribution in [2.24, 2.45) is 0 Å². The SMILES string of the molecule is CCOC(=O)C[13CH2]C(=O)CN1C(=O)c2ccccc2C1=O. The number of carbonyl (C=O) groups is 4. The first-order chi connectivity index (χ1) is 10.0. The van der Waals surface area contributed by atoms with E-state index < -0.39 is 17.8 Å². The highest BCUT2D eigenvalue weighted by atomic mass is 16.5. The minimum absolute atomic E-state index is 0.0458. The van der Waals surface area contributed by atoms with E-state index in [2.05, 4.69) is 0 Å². The Kier molecular flexibility index (Phi) is 4.47. The number of imide groups is 1. The van der Waals surface area contributed by atoms with Gasteiger partial charge in [-0.15, -0.1) is 0 Å². The molecule has 6 heteroatoms. The molecule has 0 fully saturated rings. The molecule has 1 aliphatic heterocycles. The monoisotopic (exact) mass is 290 g/mol. The second kappa shape index (κ2) is 6.30. The maximum atomic E-state index is 12.0. The van der Waals surface area contributed by atoms with Gasteiger partial charge >= 0.3 is 5.97 Å². The highest BCUT2D eigenvalue weighted by Gasteiger charge is 2.35. The van der Waals surface area contributed by atoms with E-state index in [0.29, 0.717) is 11.1 Å². The quantitative estimate of drug-likeness (QED) is 0.446. The molecule has 0 unspecified atom stereocenters. The largest absolute Gasteiger partial charge is 0.466 e. The van der Waals surface area contributed by atoms with Gasteiger partial charge in [-0.2, -0.15) is 0 Å². The van der Waals surface area contributed by atoms with Gasteiger partial charge in [0.2, 0.25) is 0 Å². The van der Waals surface area contributed by atoms with Crippen molar-refractivity contribution < 1.29 is 23.9 Å². The number of ether oxygens (including phenoxy) is 1. The minimum Gasteiger partial charge on any atom is -0.466 e. The Balaban J connectivity index is 1.96. The van der Waals surface area contributed by atoms with Crippen LogP contribution in [0.2, 0.25) is 0 Å². The molecule has 0 N–H and O–H groups in total. The average Bonchev–Trinajstić information content (AvgIpc) is 2.71. The Labute approximate surface area is 121 Å². The number of fused-ring (bicyclic) bond motifs is 1. The Hall–Kier alpha value is -2.50. The molecular weight excluding hydrogens is 275 g/mol. The summed E-state index contributed by atoms with van der Waals surface area (Å²) >= 11 is 0. The van der Waals surface area contributed by atoms with Crippen LogP contribution in [0.25, 0.3) is 0 Å². The molecule has 0 bridgehead atoms. The van der Waals surface area contributed by atoms with Crippen molar-refractivity contribution in [3.05, 3.63) is 35.4 Å². The zero-order valence-electron chi connectivity index (χ0n) is 11.6. The molecule has 0 atom stereocenters. The summed E-state index contributed by atoms with van der Waals surface area (Å²) in [6.45, 7) is 1.62. The lowest BCUT2D eigenvalue weighted by molar-refractivity contribution is -0.144. The van der Waals surface area contributed by atoms with Gasteiger partial charge in [-0.05, 0) is 19.1 Å². The fraction of sp³-hybridized carbons (Fsp3) is 0.333. The third-order valence-electron chi connectivity index (χ3n) is 3.13. The van der Waals surface area contributed by atoms with Crippen LogP contribution in [0.1, 0.15) is 40.5 Å². The summed E-state index contributed by atoms with van der Waals surface area (Å²) in [5.74, 6) is -1.76. The molecule has 0 aromatic heterocycles. The van der Waals surface area contributed by atoms with Crippen LogP contribution in [0, 0.1) is 0 Å². The number of amides is 2. The molecule has 0 radical (unpaired) electrons. The van der Waals surface area contributed by atoms with E-state index in [0.717, 1.165) is 4.90 Å². The third-order valence-corrected chi connectivity index (χ3v) is 3.13. The minimum atomic E-state index is -0.472. The standard InChI is InChI=1S/C15H15NO5/c1-2-21-13(18)8-7-10(17)9-16-14(19)11-5-3-4-6-12(11)15(16)20/h3-6H,2,7-9H2,1H3/i7+1. The Morgan fingerprint density at radius 3 is 2.14 bits per heavy atom. The van der Waals surface area contributed by atoms with E-state index in [1.807, 2.05) is 0 Å². The molecule has 6 nitrogen and oxygen atoms in total. The molecule has 0 aliphatic carbocycles. The summed E-state index contributed by atoms with van der Waals surface area (Å²) in [6, 6.07) is 6.43. The van der Waals surface area contributed by atoms with E-state index in [-0.39, 0.29) is 31.8 Å². The predicted molar refractivity (Wildman–Crippen MR) is 72.7 cm³/mol. The van der Waals surface area contributed by atoms with Crippen LogP contribution in [-0.4, -0.2) is 41.6 Å². The van der Waals surface area contributed by atoms with E-state index >= 15 is 0 Å². The number of benzene rings is 1. The first-order valence-electron chi connectivity index (χ1n) is 6.67. The van der Waals surface area contributed by atoms with Gasteiger partial charge in [0.1, 0.15) is 0 Å². The highest BCUT2D eigenvalue weighted by Crippen LogP contribution is 2.22. The van der Waals surface area contributed by atoms with E-state index in [1.165, 1.54) is 0 Å². The van der Waals surface area contributed by atoms with Gasteiger partial charge < -0.3 is 4.74 Å². The molecule has 2 amide bonds. The molecule has 0 saturated carbocycles. The van der Waals surface area contributed by atoms with Gasteiger partial charge in [-0.1, -0.05) is 12.1 Å². The van der Waals surface area contributed by atoms with Gasteiger partial charge in [-0.3, -0.25) is 24.1 Å². The lowest BCUT2D eigenvalue weighted by Crippen LogP contribution is -2.35. The van der Waals surface area contributed by atoms with Crippen molar-refractivity contribution in [1.82, 2.24) is 4.90 Å². The number of hydrogen-bond acceptors (Lipinski definition) is 5. The zero-order valence-corrected chi connectivity index (χ0v) is 11.6. The Bertz CT molecular complexity index is 573. The number of carbonyl (C=O) groups excluding carboxylic acids is 4. The van der Waals surface area contributed by atoms with Gasteiger partial charge in [0, 0.05) is 6.42 Å². The molecule has 1 heterocycles. The zero-order chi connectivity index (χ0) is 15.4. The molecule has 0 spiro atoms. The topological polar surface area (TPSA) is 80.8 Å². The van der Waals surface area contributed by atoms with E-state index in [1.54, 1.807) is 31.2 Å². The van der Waals surface area contributed by atoms with Gasteiger partial charge in [-0.25, -0.2) is 0 Å². The summed E-state index contributed by atoms with van der Waals surface area (Å²) in [4.78, 5) is 48.0. The van der Waals surface area contributed by atoms with E-state index in [4.69, 9.17) is 4.74 Å². The molecule has 1 aromatic rings. The molecule has 21 heavy (non-hydrogen) atoms. The maximum absolute atomic E-state index is 12.0. The molecule has 1 aromatic carbocycles. The fourth-order valence-electron chi connectivity index (χ4n) is 2.11. The summed E-state index contributed by atoms with van der Waals surface area (Å²) in [7, 11) is 0. The van der Waals surface area contributed by atoms with Crippen LogP contribution in [0.15, 0.2) is 24.3 Å². The normalized spacial score (nSPS) is 13.3. The van der Waals surface area contributed by atoms with Crippen LogP contribution in [-0.2, 0) is 14.3 Å². The summed E-state index contributed by atoms with van der Waals surface area (Å²) in [6.07, 6.45) is -0.0952. The fourth-order valence-corrected chi connectivity index (χ4v) is 2.11. The van der Waals surface area contributed by atoms with Crippen LogP contribution in [0.4, 0.5) is 0 Å². The van der Waals surface area contributed by atoms with Crippen molar-refractivity contribution in [2.45, 2.75) is 19.8 Å². The number of hydrogen-bond donors (Lipinski definition) is 0. The van der Waals surface area contributed by atoms with Crippen LogP contribution >= 0.6 is 0 Å². The van der Waals surface area contributed by atoms with E-state index in [9.17, 15) is 19.2 Å². The van der Waals surface area contributed by atoms with Crippen molar-refractivity contribution in [2.75, 3.05) is 13.2 Å². The van der Waals surface area contributed by atoms with Crippen LogP contribution < -0.4 is 0 Å². The Morgan fingerprint density at radius 1 is 1.05 bits per heavy atom. The lowest BCUT2D eigenvalue weighted by Gasteiger charge is -2.12. The number of rotatable bonds is 6. The van der Waals surface area contributed by atoms with Gasteiger partial charge in [0.25, 0.3) is 11.8 Å². The molecule has 1 aliphatic rings. The first-order valence-corrected chi connectivity index (χ1v) is 6.67. The smallest absolute Gasteiger partial charge is 0.306 e. The highest BCUT2D eigenvalue weighted by molar-refractivity contribution is 6.22. The summed E-state index contributed by atoms with van der Waals surface area (Å²) in [5, 5.41) is 0. The average molecular weight is 290 g/mol. The van der Waals surface area contributed by atoms with Crippen molar-refractivity contribution in [3.63, 3.8) is 0 Å². The van der Waals surface area contributed by atoms with Crippen molar-refractivity contribution in [3.8, 4) is 0 Å². The van der Waals surface area contributed by atoms with Crippen LogP contribution in [0.3, 0.4) is 0 Å². The van der Waals surface area contributed by atoms with Gasteiger partial charge in [0.15, 0.2) is 5.78 Å². The van der Waals surface area contributed by atoms with Gasteiger partial charge in [0.05, 0.1) is 30.7 Å². The van der Waals surface area contributed by atoms with Crippen LogP contribution in [0.5, 0.6) is 0 Å². The summed E-state index contributed by atoms with van der Waals surface area (Å²) < 4.78 is 4.72. The third kappa shape index (κ3) is 3.16. The second-order valence-electron chi connectivity index (χ2n) is 4.59. The number of nitrogens with zero attached hydrogens (tertiary/aromatic N) is 1. The molecule has 110 valence electrons. The lowest BCUT2D eigenvalue weighted by atomic mass is 10.1. The Morgan fingerprint density at radius 2 is 1.62 bits per heavy atom. The second-order valence-corrected chi connectivity index (χ2v) is 4.59. The molecule has 0 saturated heterocycles. The number of ketones is 1. The molecular formula is C15H15NO5. The predicted octanol–water partition coefficient (Wildman–Crippen LogP) is 1.19. The first kappa shape index (κ1) is 14.9. The summed E-state index contributed by atoms with van der Waals surface area (Å²) in [5.41, 5.74) is 0.612. The van der Waals surface area contributed by atoms with Crippen molar-refractivity contribution in [1.29, 1.82) is 0 Å².